The Morgan fingerprint density at radius 3 is 2.48 bits per heavy atom. The van der Waals surface area contributed by atoms with Crippen LogP contribution < -0.4 is 5.32 Å². The molecule has 0 spiro atoms. The second-order valence-corrected chi connectivity index (χ2v) is 20.6. The van der Waals surface area contributed by atoms with Crippen molar-refractivity contribution in [2.45, 2.75) is 108 Å². The van der Waals surface area contributed by atoms with Crippen molar-refractivity contribution in [1.82, 2.24) is 20.0 Å². The number of alkyl carbamates (subject to hydrolysis) is 1. The van der Waals surface area contributed by atoms with Crippen LogP contribution in [0.4, 0.5) is 23.2 Å². The monoisotopic (exact) mass is 716 g/mol. The number of ether oxygens (including phenoxy) is 2. The lowest BCUT2D eigenvalue weighted by atomic mass is 9.74. The van der Waals surface area contributed by atoms with Crippen molar-refractivity contribution in [3.63, 3.8) is 0 Å². The van der Waals surface area contributed by atoms with E-state index in [0.29, 0.717) is 32.5 Å². The van der Waals surface area contributed by atoms with E-state index < -0.39 is 48.4 Å². The number of urea groups is 1. The molecule has 0 bridgehead atoms. The summed E-state index contributed by atoms with van der Waals surface area (Å²) in [4.78, 5) is 44.0. The molecule has 1 aliphatic carbocycles. The van der Waals surface area contributed by atoms with Crippen molar-refractivity contribution in [2.75, 3.05) is 46.9 Å². The standard InChI is InChI=1S/C34H55ClF2N4O6Si/c1-24(22-39(2)33(44)47-20-21-48(4,5)6)41(26-13-8-7-9-14-26)32(43)40-19-10-12-25(23-40)34(45,17-11-18-38-31(42)46-3)27-15-16-28(36)29(35)30(27)37/h15-16,24-26,45H,7-14,17-23H2,1-6H3,(H,38,42)/t24-,25+,34-/m0/s1. The number of methoxy groups -OCH3 is 1. The zero-order chi connectivity index (χ0) is 35.6. The summed E-state index contributed by atoms with van der Waals surface area (Å²) in [5.74, 6) is -2.58. The summed E-state index contributed by atoms with van der Waals surface area (Å²) in [5, 5.41) is 14.1. The Labute approximate surface area is 290 Å². The first-order valence-corrected chi connectivity index (χ1v) is 21.3. The second kappa shape index (κ2) is 17.8. The van der Waals surface area contributed by atoms with Gasteiger partial charge in [-0.2, -0.15) is 0 Å². The molecule has 3 atom stereocenters. The number of carbonyl (C=O) groups is 3. The molecule has 14 heteroatoms. The summed E-state index contributed by atoms with van der Waals surface area (Å²) in [6.45, 7) is 10.0. The van der Waals surface area contributed by atoms with Crippen LogP contribution in [0.3, 0.4) is 0 Å². The number of benzene rings is 1. The van der Waals surface area contributed by atoms with Crippen molar-refractivity contribution in [2.24, 2.45) is 5.92 Å². The van der Waals surface area contributed by atoms with Crippen LogP contribution in [0.15, 0.2) is 12.1 Å². The van der Waals surface area contributed by atoms with Crippen molar-refractivity contribution >= 4 is 37.9 Å². The first-order chi connectivity index (χ1) is 22.6. The van der Waals surface area contributed by atoms with Gasteiger partial charge in [-0.15, -0.1) is 0 Å². The van der Waals surface area contributed by atoms with E-state index in [1.165, 1.54) is 18.1 Å². The third kappa shape index (κ3) is 10.7. The number of nitrogens with one attached hydrogen (secondary N) is 1. The van der Waals surface area contributed by atoms with Crippen LogP contribution >= 0.6 is 11.6 Å². The van der Waals surface area contributed by atoms with E-state index >= 15 is 4.39 Å². The number of rotatable bonds is 13. The van der Waals surface area contributed by atoms with E-state index in [0.717, 1.165) is 44.2 Å². The van der Waals surface area contributed by atoms with Crippen LogP contribution in [0.5, 0.6) is 0 Å². The molecule has 0 aromatic heterocycles. The molecule has 2 N–H and O–H groups in total. The molecule has 1 saturated carbocycles. The fourth-order valence-electron chi connectivity index (χ4n) is 6.92. The number of aliphatic hydroxyl groups is 1. The van der Waals surface area contributed by atoms with Crippen LogP contribution in [0.25, 0.3) is 0 Å². The topological polar surface area (TPSA) is 112 Å². The Bertz CT molecular complexity index is 1250. The lowest BCUT2D eigenvalue weighted by Gasteiger charge is -2.47. The Balaban J connectivity index is 1.83. The highest BCUT2D eigenvalue weighted by Crippen LogP contribution is 2.42. The molecule has 2 aliphatic rings. The van der Waals surface area contributed by atoms with Crippen LogP contribution in [0.1, 0.15) is 70.3 Å². The lowest BCUT2D eigenvalue weighted by Crippen LogP contribution is -2.58. The van der Waals surface area contributed by atoms with Gasteiger partial charge < -0.3 is 34.6 Å². The fraction of sp³-hybridized carbons (Fsp3) is 0.735. The average Bonchev–Trinajstić information content (AvgIpc) is 3.05. The molecular formula is C34H55ClF2N4O6Si. The predicted octanol–water partition coefficient (Wildman–Crippen LogP) is 7.20. The highest BCUT2D eigenvalue weighted by Gasteiger charge is 2.45. The Hall–Kier alpha value is -2.64. The predicted molar refractivity (Wildman–Crippen MR) is 185 cm³/mol. The molecule has 272 valence electrons. The Morgan fingerprint density at radius 2 is 1.83 bits per heavy atom. The summed E-state index contributed by atoms with van der Waals surface area (Å²) in [7, 11) is 1.56. The number of likely N-dealkylation sites (tertiary alicyclic amines) is 1. The van der Waals surface area contributed by atoms with E-state index in [1.807, 2.05) is 11.8 Å². The number of likely N-dealkylation sites (N-methyl/N-ethyl adjacent to an activating group) is 1. The minimum atomic E-state index is -1.81. The molecule has 48 heavy (non-hydrogen) atoms. The number of hydrogen-bond acceptors (Lipinski definition) is 6. The molecule has 2 fully saturated rings. The zero-order valence-electron chi connectivity index (χ0n) is 29.5. The maximum absolute atomic E-state index is 15.5. The summed E-state index contributed by atoms with van der Waals surface area (Å²) in [5.41, 5.74) is -1.95. The number of hydrogen-bond donors (Lipinski definition) is 2. The van der Waals surface area contributed by atoms with Crippen molar-refractivity contribution in [1.29, 1.82) is 0 Å². The molecular weight excluding hydrogens is 662 g/mol. The van der Waals surface area contributed by atoms with E-state index in [2.05, 4.69) is 29.7 Å². The van der Waals surface area contributed by atoms with Crippen molar-refractivity contribution in [3.05, 3.63) is 34.4 Å². The van der Waals surface area contributed by atoms with Crippen molar-refractivity contribution < 1.29 is 37.7 Å². The second-order valence-electron chi connectivity index (χ2n) is 14.6. The molecule has 0 radical (unpaired) electrons. The third-order valence-corrected chi connectivity index (χ3v) is 11.7. The van der Waals surface area contributed by atoms with E-state index in [4.69, 9.17) is 16.3 Å². The number of carbonyl (C=O) groups excluding carboxylic acids is 3. The summed E-state index contributed by atoms with van der Waals surface area (Å²) in [6.07, 6.45) is 5.10. The number of amides is 4. The van der Waals surface area contributed by atoms with Gasteiger partial charge in [-0.25, -0.2) is 23.2 Å². The highest BCUT2D eigenvalue weighted by molar-refractivity contribution is 6.76. The number of piperidine rings is 1. The van der Waals surface area contributed by atoms with E-state index in [9.17, 15) is 23.9 Å². The number of nitrogens with zero attached hydrogens (tertiary/aromatic N) is 3. The summed E-state index contributed by atoms with van der Waals surface area (Å²) >= 11 is 5.96. The Morgan fingerprint density at radius 1 is 1.15 bits per heavy atom. The normalized spacial score (nSPS) is 19.2. The van der Waals surface area contributed by atoms with Gasteiger partial charge in [0.15, 0.2) is 5.82 Å². The highest BCUT2D eigenvalue weighted by atomic mass is 35.5. The smallest absolute Gasteiger partial charge is 0.409 e. The summed E-state index contributed by atoms with van der Waals surface area (Å²) in [6, 6.07) is 2.60. The molecule has 1 saturated heterocycles. The van der Waals surface area contributed by atoms with Crippen LogP contribution in [0.2, 0.25) is 30.7 Å². The molecule has 4 amide bonds. The van der Waals surface area contributed by atoms with Gasteiger partial charge >= 0.3 is 18.2 Å². The molecule has 10 nitrogen and oxygen atoms in total. The van der Waals surface area contributed by atoms with Gasteiger partial charge in [-0.3, -0.25) is 0 Å². The maximum atomic E-state index is 15.5. The van der Waals surface area contributed by atoms with Gasteiger partial charge in [-0.05, 0) is 57.6 Å². The SMILES string of the molecule is COC(=O)NCCC[C@@](O)(c1ccc(F)c(Cl)c1F)[C@@H]1CCCN(C(=O)N(C2CCCCC2)[C@@H](C)CN(C)C(=O)OCC[Si](C)(C)C)C1. The van der Waals surface area contributed by atoms with E-state index in [1.54, 1.807) is 11.9 Å². The average molecular weight is 717 g/mol. The van der Waals surface area contributed by atoms with Crippen LogP contribution in [0, 0.1) is 17.6 Å². The molecule has 1 heterocycles. The minimum absolute atomic E-state index is 0.00503. The molecule has 3 rings (SSSR count). The van der Waals surface area contributed by atoms with Crippen LogP contribution in [-0.2, 0) is 15.1 Å². The molecule has 1 aliphatic heterocycles. The van der Waals surface area contributed by atoms with Gasteiger partial charge in [0.05, 0.1) is 19.3 Å². The Kier molecular flexibility index (Phi) is 14.8. The molecule has 1 aromatic rings. The van der Waals surface area contributed by atoms with Gasteiger partial charge in [0.2, 0.25) is 0 Å². The number of halogens is 3. The minimum Gasteiger partial charge on any atom is -0.453 e. The lowest BCUT2D eigenvalue weighted by molar-refractivity contribution is -0.0603. The van der Waals surface area contributed by atoms with Crippen molar-refractivity contribution in [3.8, 4) is 0 Å². The molecule has 0 unspecified atom stereocenters. The zero-order valence-corrected chi connectivity index (χ0v) is 31.2. The van der Waals surface area contributed by atoms with Crippen LogP contribution in [-0.4, -0.2) is 105 Å². The quantitative estimate of drug-likeness (QED) is 0.127. The van der Waals surface area contributed by atoms with Gasteiger partial charge in [0.1, 0.15) is 10.8 Å². The largest absolute Gasteiger partial charge is 0.453 e. The first-order valence-electron chi connectivity index (χ1n) is 17.2. The molecule has 1 aromatic carbocycles. The summed E-state index contributed by atoms with van der Waals surface area (Å²) < 4.78 is 39.9. The maximum Gasteiger partial charge on any atom is 0.409 e. The fourth-order valence-corrected chi connectivity index (χ4v) is 7.80. The van der Waals surface area contributed by atoms with Gasteiger partial charge in [0.25, 0.3) is 0 Å². The third-order valence-electron chi connectivity index (χ3n) is 9.65. The van der Waals surface area contributed by atoms with E-state index in [-0.39, 0.29) is 49.6 Å². The van der Waals surface area contributed by atoms with Gasteiger partial charge in [0, 0.05) is 64.9 Å². The van der Waals surface area contributed by atoms with Gasteiger partial charge in [-0.1, -0.05) is 56.6 Å². The first kappa shape index (κ1) is 39.8.